The molecule has 1 aliphatic carbocycles. The highest BCUT2D eigenvalue weighted by atomic mass is 19.3. The average molecular weight is 418 g/mol. The van der Waals surface area contributed by atoms with E-state index in [1.54, 1.807) is 19.1 Å². The van der Waals surface area contributed by atoms with Crippen molar-refractivity contribution >= 4 is 0 Å². The first-order chi connectivity index (χ1) is 14.3. The molecule has 2 nitrogen and oxygen atoms in total. The van der Waals surface area contributed by atoms with Crippen molar-refractivity contribution in [1.82, 2.24) is 0 Å². The molecule has 5 heteroatoms. The summed E-state index contributed by atoms with van der Waals surface area (Å²) >= 11 is 0. The second-order valence-corrected chi connectivity index (χ2v) is 8.12. The summed E-state index contributed by atoms with van der Waals surface area (Å²) in [7, 11) is 0. The Hall–Kier alpha value is -2.43. The summed E-state index contributed by atoms with van der Waals surface area (Å²) in [5.74, 6) is 1.21. The Morgan fingerprint density at radius 3 is 2.33 bits per heavy atom. The molecule has 2 aromatic carbocycles. The van der Waals surface area contributed by atoms with Gasteiger partial charge >= 0.3 is 6.11 Å². The summed E-state index contributed by atoms with van der Waals surface area (Å²) in [6, 6.07) is 11.0. The maximum absolute atomic E-state index is 14.1. The monoisotopic (exact) mass is 418 g/mol. The highest BCUT2D eigenvalue weighted by molar-refractivity contribution is 5.29. The number of alkyl halides is 2. The second-order valence-electron chi connectivity index (χ2n) is 8.12. The fourth-order valence-electron chi connectivity index (χ4n) is 3.71. The summed E-state index contributed by atoms with van der Waals surface area (Å²) in [5.41, 5.74) is 1.16. The van der Waals surface area contributed by atoms with Gasteiger partial charge in [-0.2, -0.15) is 8.78 Å². The third kappa shape index (κ3) is 6.54. The fourth-order valence-corrected chi connectivity index (χ4v) is 3.71. The molecular weight excluding hydrogens is 389 g/mol. The summed E-state index contributed by atoms with van der Waals surface area (Å²) in [6.45, 7) is 6.12. The minimum atomic E-state index is -3.37. The SMILES string of the molecule is C=CC1CCC(COc2ccc(CCC(F)(F)Oc3ccc(C)c(F)c3)cc2)CC1. The lowest BCUT2D eigenvalue weighted by Gasteiger charge is -2.26. The van der Waals surface area contributed by atoms with Gasteiger partial charge in [-0.1, -0.05) is 24.3 Å². The molecule has 3 rings (SSSR count). The van der Waals surface area contributed by atoms with Crippen molar-refractivity contribution in [3.05, 3.63) is 72.1 Å². The van der Waals surface area contributed by atoms with Gasteiger partial charge in [0, 0.05) is 6.07 Å². The second kappa shape index (κ2) is 10.1. The zero-order chi connectivity index (χ0) is 21.6. The number of rotatable bonds is 9. The molecule has 0 saturated heterocycles. The van der Waals surface area contributed by atoms with E-state index in [0.717, 1.165) is 30.2 Å². The van der Waals surface area contributed by atoms with Gasteiger partial charge in [0.05, 0.1) is 13.0 Å². The van der Waals surface area contributed by atoms with E-state index in [2.05, 4.69) is 6.58 Å². The summed E-state index contributed by atoms with van der Waals surface area (Å²) in [6.07, 6.45) is 2.96. The van der Waals surface area contributed by atoms with Gasteiger partial charge in [0.25, 0.3) is 0 Å². The standard InChI is InChI=1S/C25H29F3O2/c1-3-19-5-7-21(8-6-19)17-29-22-12-9-20(10-13-22)14-15-25(27,28)30-23-11-4-18(2)24(26)16-23/h3-4,9-13,16,19,21H,1,5-8,14-15,17H2,2H3. The van der Waals surface area contributed by atoms with E-state index in [0.29, 0.717) is 24.0 Å². The lowest BCUT2D eigenvalue weighted by molar-refractivity contribution is -0.180. The number of allylic oxidation sites excluding steroid dienone is 1. The van der Waals surface area contributed by atoms with Crippen LogP contribution in [-0.2, 0) is 6.42 Å². The van der Waals surface area contributed by atoms with Gasteiger partial charge in [-0.25, -0.2) is 4.39 Å². The van der Waals surface area contributed by atoms with Crippen LogP contribution in [0.2, 0.25) is 0 Å². The van der Waals surface area contributed by atoms with Crippen molar-refractivity contribution in [2.75, 3.05) is 6.61 Å². The van der Waals surface area contributed by atoms with Gasteiger partial charge in [-0.3, -0.25) is 0 Å². The van der Waals surface area contributed by atoms with Crippen LogP contribution in [0.4, 0.5) is 13.2 Å². The average Bonchev–Trinajstić information content (AvgIpc) is 2.74. The Bertz CT molecular complexity index is 825. The molecule has 0 N–H and O–H groups in total. The first kappa shape index (κ1) is 22.3. The van der Waals surface area contributed by atoms with Crippen molar-refractivity contribution in [1.29, 1.82) is 0 Å². The van der Waals surface area contributed by atoms with Crippen LogP contribution < -0.4 is 9.47 Å². The molecule has 1 saturated carbocycles. The zero-order valence-corrected chi connectivity index (χ0v) is 17.4. The van der Waals surface area contributed by atoms with Gasteiger partial charge in [-0.15, -0.1) is 6.58 Å². The van der Waals surface area contributed by atoms with Crippen molar-refractivity contribution in [3.8, 4) is 11.5 Å². The summed E-state index contributed by atoms with van der Waals surface area (Å²) < 4.78 is 52.3. The first-order valence-corrected chi connectivity index (χ1v) is 10.5. The van der Waals surface area contributed by atoms with Crippen molar-refractivity contribution in [2.24, 2.45) is 11.8 Å². The number of ether oxygens (including phenoxy) is 2. The molecule has 0 unspecified atom stereocenters. The number of halogens is 3. The van der Waals surface area contributed by atoms with E-state index in [1.807, 2.05) is 18.2 Å². The Morgan fingerprint density at radius 1 is 1.03 bits per heavy atom. The van der Waals surface area contributed by atoms with Crippen LogP contribution in [0.15, 0.2) is 55.1 Å². The molecular formula is C25H29F3O2. The molecule has 2 aromatic rings. The van der Waals surface area contributed by atoms with E-state index >= 15 is 0 Å². The van der Waals surface area contributed by atoms with E-state index < -0.39 is 18.3 Å². The number of benzene rings is 2. The Morgan fingerprint density at radius 2 is 1.70 bits per heavy atom. The Kier molecular flexibility index (Phi) is 7.46. The number of aryl methyl sites for hydroxylation is 2. The molecule has 0 spiro atoms. The molecule has 1 fully saturated rings. The van der Waals surface area contributed by atoms with E-state index in [-0.39, 0.29) is 12.2 Å². The number of hydrogen-bond donors (Lipinski definition) is 0. The van der Waals surface area contributed by atoms with E-state index in [4.69, 9.17) is 9.47 Å². The maximum Gasteiger partial charge on any atom is 0.398 e. The quantitative estimate of drug-likeness (QED) is 0.404. The van der Waals surface area contributed by atoms with Gasteiger partial charge < -0.3 is 9.47 Å². The maximum atomic E-state index is 14.1. The third-order valence-electron chi connectivity index (χ3n) is 5.75. The fraction of sp³-hybridized carbons (Fsp3) is 0.440. The Labute approximate surface area is 176 Å². The zero-order valence-electron chi connectivity index (χ0n) is 17.4. The van der Waals surface area contributed by atoms with E-state index in [9.17, 15) is 13.2 Å². The lowest BCUT2D eigenvalue weighted by Crippen LogP contribution is -2.25. The molecule has 30 heavy (non-hydrogen) atoms. The largest absolute Gasteiger partial charge is 0.493 e. The highest BCUT2D eigenvalue weighted by Gasteiger charge is 2.31. The molecule has 0 heterocycles. The minimum Gasteiger partial charge on any atom is -0.493 e. The van der Waals surface area contributed by atoms with Crippen LogP contribution in [0, 0.1) is 24.6 Å². The minimum absolute atomic E-state index is 0.146. The van der Waals surface area contributed by atoms with E-state index in [1.165, 1.54) is 25.0 Å². The highest BCUT2D eigenvalue weighted by Crippen LogP contribution is 2.30. The van der Waals surface area contributed by atoms with Crippen molar-refractivity contribution in [2.45, 2.75) is 51.6 Å². The molecule has 0 aliphatic heterocycles. The van der Waals surface area contributed by atoms with Crippen LogP contribution in [0.1, 0.15) is 43.2 Å². The van der Waals surface area contributed by atoms with Gasteiger partial charge in [0.15, 0.2) is 0 Å². The summed E-state index contributed by atoms with van der Waals surface area (Å²) in [5, 5.41) is 0. The van der Waals surface area contributed by atoms with Gasteiger partial charge in [0.1, 0.15) is 17.3 Å². The molecule has 0 amide bonds. The van der Waals surface area contributed by atoms with Crippen LogP contribution in [-0.4, -0.2) is 12.7 Å². The first-order valence-electron chi connectivity index (χ1n) is 10.5. The third-order valence-corrected chi connectivity index (χ3v) is 5.75. The normalized spacial score (nSPS) is 19.3. The van der Waals surface area contributed by atoms with Crippen LogP contribution in [0.3, 0.4) is 0 Å². The molecule has 162 valence electrons. The number of hydrogen-bond acceptors (Lipinski definition) is 2. The molecule has 0 aromatic heterocycles. The predicted molar refractivity (Wildman–Crippen MR) is 113 cm³/mol. The van der Waals surface area contributed by atoms with Crippen LogP contribution in [0.5, 0.6) is 11.5 Å². The smallest absolute Gasteiger partial charge is 0.398 e. The summed E-state index contributed by atoms with van der Waals surface area (Å²) in [4.78, 5) is 0. The molecule has 1 aliphatic rings. The topological polar surface area (TPSA) is 18.5 Å². The Balaban J connectivity index is 1.44. The molecule has 0 bridgehead atoms. The van der Waals surface area contributed by atoms with Gasteiger partial charge in [0.2, 0.25) is 0 Å². The molecule has 0 radical (unpaired) electrons. The lowest BCUT2D eigenvalue weighted by atomic mass is 9.82. The van der Waals surface area contributed by atoms with Crippen LogP contribution >= 0.6 is 0 Å². The van der Waals surface area contributed by atoms with Crippen molar-refractivity contribution < 1.29 is 22.6 Å². The van der Waals surface area contributed by atoms with Crippen LogP contribution in [0.25, 0.3) is 0 Å². The van der Waals surface area contributed by atoms with Crippen molar-refractivity contribution in [3.63, 3.8) is 0 Å². The predicted octanol–water partition coefficient (Wildman–Crippen LogP) is 7.11. The van der Waals surface area contributed by atoms with Gasteiger partial charge in [-0.05, 0) is 80.2 Å². The molecule has 0 atom stereocenters.